The monoisotopic (exact) mass is 200 g/mol. The van der Waals surface area contributed by atoms with Crippen LogP contribution in [0.2, 0.25) is 0 Å². The Kier molecular flexibility index (Phi) is 4.35. The van der Waals surface area contributed by atoms with Gasteiger partial charge in [-0.3, -0.25) is 0 Å². The van der Waals surface area contributed by atoms with Gasteiger partial charge in [0.2, 0.25) is 0 Å². The van der Waals surface area contributed by atoms with Crippen molar-refractivity contribution in [1.82, 2.24) is 10.2 Å². The number of hydrogen-bond donors (Lipinski definition) is 1. The van der Waals surface area contributed by atoms with Gasteiger partial charge in [-0.2, -0.15) is 0 Å². The Morgan fingerprint density at radius 1 is 1.57 bits per heavy atom. The van der Waals surface area contributed by atoms with Crippen molar-refractivity contribution in [3.63, 3.8) is 0 Å². The van der Waals surface area contributed by atoms with Crippen molar-refractivity contribution >= 4 is 0 Å². The van der Waals surface area contributed by atoms with Gasteiger partial charge in [-0.1, -0.05) is 6.92 Å². The lowest BCUT2D eigenvalue weighted by molar-refractivity contribution is 0.0906. The van der Waals surface area contributed by atoms with Crippen LogP contribution in [0.5, 0.6) is 0 Å². The molecule has 0 spiro atoms. The van der Waals surface area contributed by atoms with E-state index in [9.17, 15) is 0 Å². The average molecular weight is 200 g/mol. The molecule has 0 aromatic heterocycles. The zero-order chi connectivity index (χ0) is 10.6. The molecule has 3 heteroatoms. The predicted molar refractivity (Wildman–Crippen MR) is 59.6 cm³/mol. The van der Waals surface area contributed by atoms with E-state index in [1.807, 2.05) is 0 Å². The fourth-order valence-corrected chi connectivity index (χ4v) is 2.13. The molecule has 0 aliphatic carbocycles. The smallest absolute Gasteiger partial charge is 0.0615 e. The van der Waals surface area contributed by atoms with Crippen LogP contribution < -0.4 is 5.32 Å². The lowest BCUT2D eigenvalue weighted by Crippen LogP contribution is -2.41. The summed E-state index contributed by atoms with van der Waals surface area (Å²) in [5.41, 5.74) is 0.455. The number of nitrogens with one attached hydrogen (secondary N) is 1. The molecule has 1 fully saturated rings. The molecule has 2 atom stereocenters. The number of ether oxygens (including phenoxy) is 1. The fraction of sp³-hybridized carbons (Fsp3) is 1.00. The summed E-state index contributed by atoms with van der Waals surface area (Å²) in [4.78, 5) is 2.40. The molecule has 84 valence electrons. The van der Waals surface area contributed by atoms with Crippen LogP contribution in [0.25, 0.3) is 0 Å². The molecule has 0 radical (unpaired) electrons. The lowest BCUT2D eigenvalue weighted by atomic mass is 9.89. The largest absolute Gasteiger partial charge is 0.383 e. The minimum absolute atomic E-state index is 0.455. The van der Waals surface area contributed by atoms with Crippen LogP contribution in [0.15, 0.2) is 0 Å². The molecule has 0 saturated carbocycles. The maximum atomic E-state index is 5.16. The molecule has 1 N–H and O–H groups in total. The van der Waals surface area contributed by atoms with E-state index in [1.54, 1.807) is 7.11 Å². The first-order chi connectivity index (χ1) is 6.57. The van der Waals surface area contributed by atoms with E-state index in [1.165, 1.54) is 13.0 Å². The van der Waals surface area contributed by atoms with Crippen LogP contribution in [-0.2, 0) is 4.74 Å². The van der Waals surface area contributed by atoms with E-state index >= 15 is 0 Å². The molecular weight excluding hydrogens is 176 g/mol. The highest BCUT2D eigenvalue weighted by Crippen LogP contribution is 2.25. The van der Waals surface area contributed by atoms with Crippen molar-refractivity contribution in [1.29, 1.82) is 0 Å². The van der Waals surface area contributed by atoms with E-state index in [0.717, 1.165) is 19.7 Å². The Bertz CT molecular complexity index is 167. The van der Waals surface area contributed by atoms with Gasteiger partial charge in [-0.15, -0.1) is 0 Å². The maximum absolute atomic E-state index is 5.16. The standard InChI is InChI=1S/C11H24N2O/c1-10(7-14-4)13(3)9-11(2)5-6-12-8-11/h10,12H,5-9H2,1-4H3. The van der Waals surface area contributed by atoms with Crippen LogP contribution in [0, 0.1) is 5.41 Å². The van der Waals surface area contributed by atoms with Crippen molar-refractivity contribution in [2.24, 2.45) is 5.41 Å². The molecule has 3 nitrogen and oxygen atoms in total. The van der Waals surface area contributed by atoms with Gasteiger partial charge >= 0.3 is 0 Å². The molecule has 1 saturated heterocycles. The minimum Gasteiger partial charge on any atom is -0.383 e. The molecule has 0 aromatic carbocycles. The zero-order valence-electron chi connectivity index (χ0n) is 9.97. The maximum Gasteiger partial charge on any atom is 0.0615 e. The summed E-state index contributed by atoms with van der Waals surface area (Å²) < 4.78 is 5.16. The number of nitrogens with zero attached hydrogens (tertiary/aromatic N) is 1. The van der Waals surface area contributed by atoms with E-state index < -0.39 is 0 Å². The molecule has 0 bridgehead atoms. The van der Waals surface area contributed by atoms with Crippen molar-refractivity contribution in [3.8, 4) is 0 Å². The second-order valence-electron chi connectivity index (χ2n) is 4.96. The fourth-order valence-electron chi connectivity index (χ4n) is 2.13. The quantitative estimate of drug-likeness (QED) is 0.715. The molecule has 2 unspecified atom stereocenters. The summed E-state index contributed by atoms with van der Waals surface area (Å²) in [5.74, 6) is 0. The van der Waals surface area contributed by atoms with E-state index in [-0.39, 0.29) is 0 Å². The summed E-state index contributed by atoms with van der Waals surface area (Å²) >= 11 is 0. The number of rotatable bonds is 5. The van der Waals surface area contributed by atoms with Gasteiger partial charge in [-0.25, -0.2) is 0 Å². The van der Waals surface area contributed by atoms with E-state index in [2.05, 4.69) is 31.1 Å². The molecule has 1 rings (SSSR count). The van der Waals surface area contributed by atoms with Gasteiger partial charge in [-0.05, 0) is 32.4 Å². The molecular formula is C11H24N2O. The Balaban J connectivity index is 2.34. The first kappa shape index (κ1) is 12.0. The van der Waals surface area contributed by atoms with Crippen LogP contribution in [0.4, 0.5) is 0 Å². The second-order valence-corrected chi connectivity index (χ2v) is 4.96. The van der Waals surface area contributed by atoms with Gasteiger partial charge in [0.05, 0.1) is 6.61 Å². The molecule has 0 aromatic rings. The second kappa shape index (κ2) is 5.10. The highest BCUT2D eigenvalue weighted by molar-refractivity contribution is 4.86. The van der Waals surface area contributed by atoms with Crippen molar-refractivity contribution in [2.75, 3.05) is 40.4 Å². The molecule has 0 amide bonds. The number of likely N-dealkylation sites (N-methyl/N-ethyl adjacent to an activating group) is 1. The number of methoxy groups -OCH3 is 1. The summed E-state index contributed by atoms with van der Waals surface area (Å²) in [7, 11) is 3.95. The van der Waals surface area contributed by atoms with Crippen LogP contribution in [0.3, 0.4) is 0 Å². The molecule has 1 heterocycles. The van der Waals surface area contributed by atoms with Crippen molar-refractivity contribution in [2.45, 2.75) is 26.3 Å². The lowest BCUT2D eigenvalue weighted by Gasteiger charge is -2.32. The SMILES string of the molecule is COCC(C)N(C)CC1(C)CCNC1. The first-order valence-electron chi connectivity index (χ1n) is 5.47. The van der Waals surface area contributed by atoms with Crippen molar-refractivity contribution in [3.05, 3.63) is 0 Å². The third-order valence-electron chi connectivity index (χ3n) is 3.25. The molecule has 1 aliphatic heterocycles. The third kappa shape index (κ3) is 3.23. The minimum atomic E-state index is 0.455. The van der Waals surface area contributed by atoms with Gasteiger partial charge in [0, 0.05) is 26.2 Å². The summed E-state index contributed by atoms with van der Waals surface area (Å²) in [6, 6.07) is 0.512. The summed E-state index contributed by atoms with van der Waals surface area (Å²) in [5, 5.41) is 3.43. The zero-order valence-corrected chi connectivity index (χ0v) is 9.97. The Morgan fingerprint density at radius 2 is 2.29 bits per heavy atom. The number of hydrogen-bond acceptors (Lipinski definition) is 3. The normalized spacial score (nSPS) is 29.8. The average Bonchev–Trinajstić information content (AvgIpc) is 2.52. The Hall–Kier alpha value is -0.120. The summed E-state index contributed by atoms with van der Waals surface area (Å²) in [6.07, 6.45) is 1.29. The predicted octanol–water partition coefficient (Wildman–Crippen LogP) is 0.953. The highest BCUT2D eigenvalue weighted by Gasteiger charge is 2.30. The molecule has 1 aliphatic rings. The van der Waals surface area contributed by atoms with Crippen LogP contribution >= 0.6 is 0 Å². The highest BCUT2D eigenvalue weighted by atomic mass is 16.5. The summed E-state index contributed by atoms with van der Waals surface area (Å²) in [6.45, 7) is 8.88. The van der Waals surface area contributed by atoms with E-state index in [0.29, 0.717) is 11.5 Å². The van der Waals surface area contributed by atoms with Crippen molar-refractivity contribution < 1.29 is 4.74 Å². The van der Waals surface area contributed by atoms with Crippen LogP contribution in [0.1, 0.15) is 20.3 Å². The van der Waals surface area contributed by atoms with Gasteiger partial charge < -0.3 is 15.0 Å². The topological polar surface area (TPSA) is 24.5 Å². The van der Waals surface area contributed by atoms with Crippen LogP contribution in [-0.4, -0.2) is 51.3 Å². The van der Waals surface area contributed by atoms with Gasteiger partial charge in [0.1, 0.15) is 0 Å². The Morgan fingerprint density at radius 3 is 2.79 bits per heavy atom. The van der Waals surface area contributed by atoms with E-state index in [4.69, 9.17) is 4.74 Å². The van der Waals surface area contributed by atoms with Gasteiger partial charge in [0.25, 0.3) is 0 Å². The van der Waals surface area contributed by atoms with Gasteiger partial charge in [0.15, 0.2) is 0 Å². The Labute approximate surface area is 87.8 Å². The third-order valence-corrected chi connectivity index (χ3v) is 3.25. The first-order valence-corrected chi connectivity index (χ1v) is 5.47. The molecule has 14 heavy (non-hydrogen) atoms.